The smallest absolute Gasteiger partial charge is 0.268 e. The van der Waals surface area contributed by atoms with E-state index in [-0.39, 0.29) is 11.9 Å². The molecule has 1 aliphatic rings. The summed E-state index contributed by atoms with van der Waals surface area (Å²) in [6, 6.07) is 1.59. The molecule has 1 unspecified atom stereocenters. The van der Waals surface area contributed by atoms with Gasteiger partial charge in [0.2, 0.25) is 0 Å². The highest BCUT2D eigenvalue weighted by Gasteiger charge is 2.22. The highest BCUT2D eigenvalue weighted by atomic mass is 79.9. The molecule has 0 radical (unpaired) electrons. The Hall–Kier alpha value is -1.63. The van der Waals surface area contributed by atoms with Crippen molar-refractivity contribution in [2.75, 3.05) is 0 Å². The zero-order valence-corrected chi connectivity index (χ0v) is 12.1. The van der Waals surface area contributed by atoms with E-state index in [1.165, 1.54) is 0 Å². The molecule has 6 nitrogen and oxygen atoms in total. The van der Waals surface area contributed by atoms with Crippen LogP contribution in [0.5, 0.6) is 0 Å². The number of amides is 1. The van der Waals surface area contributed by atoms with Crippen LogP contribution in [0.25, 0.3) is 0 Å². The number of carbonyl (C=O) groups excluding carboxylic acids is 1. The Morgan fingerprint density at radius 2 is 2.42 bits per heavy atom. The number of aromatic nitrogens is 4. The Bertz CT molecular complexity index is 617. The van der Waals surface area contributed by atoms with E-state index in [9.17, 15) is 4.79 Å². The van der Waals surface area contributed by atoms with Crippen molar-refractivity contribution in [2.45, 2.75) is 32.4 Å². The van der Waals surface area contributed by atoms with E-state index >= 15 is 0 Å². The molecule has 0 saturated carbocycles. The van der Waals surface area contributed by atoms with Crippen LogP contribution in [-0.2, 0) is 13.0 Å². The average Bonchev–Trinajstić information content (AvgIpc) is 3.02. The molecule has 0 aliphatic carbocycles. The zero-order chi connectivity index (χ0) is 13.4. The summed E-state index contributed by atoms with van der Waals surface area (Å²) < 4.78 is 2.95. The quantitative estimate of drug-likeness (QED) is 0.904. The lowest BCUT2D eigenvalue weighted by molar-refractivity contribution is 0.0933. The topological polar surface area (TPSA) is 75.6 Å². The molecule has 1 atom stereocenters. The molecule has 0 aromatic carbocycles. The van der Waals surface area contributed by atoms with Gasteiger partial charge >= 0.3 is 0 Å². The molecule has 0 saturated heterocycles. The van der Waals surface area contributed by atoms with Crippen molar-refractivity contribution < 1.29 is 4.79 Å². The second-order valence-corrected chi connectivity index (χ2v) is 5.57. The molecule has 1 amide bonds. The van der Waals surface area contributed by atoms with Gasteiger partial charge in [-0.05, 0) is 35.3 Å². The number of hydrogen-bond donors (Lipinski definition) is 2. The third-order valence-corrected chi connectivity index (χ3v) is 3.72. The number of nitrogens with one attached hydrogen (secondary N) is 2. The van der Waals surface area contributed by atoms with Gasteiger partial charge in [-0.25, -0.2) is 0 Å². The predicted molar refractivity (Wildman–Crippen MR) is 72.7 cm³/mol. The minimum Gasteiger partial charge on any atom is -0.356 e. The molecule has 2 N–H and O–H groups in total. The van der Waals surface area contributed by atoms with Crippen molar-refractivity contribution >= 4 is 21.8 Å². The van der Waals surface area contributed by atoms with E-state index in [4.69, 9.17) is 0 Å². The second kappa shape index (κ2) is 4.80. The van der Waals surface area contributed by atoms with Crippen molar-refractivity contribution in [3.05, 3.63) is 34.1 Å². The van der Waals surface area contributed by atoms with Crippen LogP contribution in [0.1, 0.15) is 41.5 Å². The Balaban J connectivity index is 1.74. The van der Waals surface area contributed by atoms with Gasteiger partial charge in [-0.1, -0.05) is 0 Å². The molecule has 0 bridgehead atoms. The van der Waals surface area contributed by atoms with Gasteiger partial charge in [0.25, 0.3) is 5.91 Å². The first-order valence-corrected chi connectivity index (χ1v) is 7.01. The number of fused-ring (bicyclic) bond motifs is 1. The summed E-state index contributed by atoms with van der Waals surface area (Å²) in [6.45, 7) is 2.86. The third-order valence-electron chi connectivity index (χ3n) is 3.27. The van der Waals surface area contributed by atoms with Gasteiger partial charge in [0.1, 0.15) is 11.5 Å². The Morgan fingerprint density at radius 3 is 3.16 bits per heavy atom. The summed E-state index contributed by atoms with van der Waals surface area (Å²) >= 11 is 3.31. The van der Waals surface area contributed by atoms with Crippen LogP contribution in [-0.4, -0.2) is 25.7 Å². The van der Waals surface area contributed by atoms with Gasteiger partial charge < -0.3 is 14.9 Å². The first-order chi connectivity index (χ1) is 9.15. The van der Waals surface area contributed by atoms with E-state index in [0.29, 0.717) is 5.69 Å². The highest BCUT2D eigenvalue weighted by Crippen LogP contribution is 2.19. The maximum Gasteiger partial charge on any atom is 0.268 e. The number of rotatable bonds is 3. The number of aryl methyl sites for hydroxylation is 1. The molecule has 100 valence electrons. The normalized spacial score (nSPS) is 15.3. The average molecular weight is 324 g/mol. The Morgan fingerprint density at radius 1 is 1.58 bits per heavy atom. The molecule has 1 aliphatic heterocycles. The number of hydrogen-bond acceptors (Lipinski definition) is 3. The van der Waals surface area contributed by atoms with Crippen LogP contribution in [0.2, 0.25) is 0 Å². The number of aromatic amines is 1. The van der Waals surface area contributed by atoms with E-state index in [1.807, 2.05) is 6.92 Å². The molecular weight excluding hydrogens is 310 g/mol. The van der Waals surface area contributed by atoms with E-state index in [2.05, 4.69) is 41.0 Å². The van der Waals surface area contributed by atoms with Crippen LogP contribution in [0, 0.1) is 0 Å². The predicted octanol–water partition coefficient (Wildman–Crippen LogP) is 1.81. The van der Waals surface area contributed by atoms with Crippen molar-refractivity contribution in [3.63, 3.8) is 0 Å². The van der Waals surface area contributed by atoms with Crippen LogP contribution in [0.3, 0.4) is 0 Å². The summed E-state index contributed by atoms with van der Waals surface area (Å²) in [4.78, 5) is 14.9. The molecule has 2 aromatic rings. The molecule has 0 fully saturated rings. The zero-order valence-electron chi connectivity index (χ0n) is 10.5. The maximum atomic E-state index is 12.0. The lowest BCUT2D eigenvalue weighted by Crippen LogP contribution is -2.28. The van der Waals surface area contributed by atoms with Crippen molar-refractivity contribution in [2.24, 2.45) is 0 Å². The molecule has 19 heavy (non-hydrogen) atoms. The van der Waals surface area contributed by atoms with Gasteiger partial charge in [0.05, 0.1) is 6.04 Å². The maximum absolute atomic E-state index is 12.0. The van der Waals surface area contributed by atoms with E-state index in [0.717, 1.165) is 35.5 Å². The molecule has 3 rings (SSSR count). The fourth-order valence-electron chi connectivity index (χ4n) is 2.33. The summed E-state index contributed by atoms with van der Waals surface area (Å²) in [7, 11) is 0. The van der Waals surface area contributed by atoms with Gasteiger partial charge in [-0.3, -0.25) is 4.79 Å². The number of halogens is 1. The van der Waals surface area contributed by atoms with Gasteiger partial charge in [-0.15, -0.1) is 10.2 Å². The number of nitrogens with zero attached hydrogens (tertiary/aromatic N) is 3. The molecule has 3 heterocycles. The first-order valence-electron chi connectivity index (χ1n) is 6.22. The fourth-order valence-corrected chi connectivity index (χ4v) is 2.67. The highest BCUT2D eigenvalue weighted by molar-refractivity contribution is 9.10. The van der Waals surface area contributed by atoms with Gasteiger partial charge in [-0.2, -0.15) is 0 Å². The summed E-state index contributed by atoms with van der Waals surface area (Å²) in [5, 5.41) is 11.2. The lowest BCUT2D eigenvalue weighted by Gasteiger charge is -2.13. The monoisotopic (exact) mass is 323 g/mol. The summed E-state index contributed by atoms with van der Waals surface area (Å²) in [6.07, 6.45) is 3.80. The molecule has 0 spiro atoms. The minimum atomic E-state index is -0.158. The SMILES string of the molecule is CC(NC(=O)c1cc(Br)c[nH]1)c1nnc2n1CCC2. The number of carbonyl (C=O) groups is 1. The van der Waals surface area contributed by atoms with Crippen LogP contribution in [0.4, 0.5) is 0 Å². The Labute approximate surface area is 118 Å². The van der Waals surface area contributed by atoms with Crippen molar-refractivity contribution in [1.82, 2.24) is 25.1 Å². The molecule has 7 heteroatoms. The van der Waals surface area contributed by atoms with Gasteiger partial charge in [0, 0.05) is 23.6 Å². The molecular formula is C12H14BrN5O. The molecule has 2 aromatic heterocycles. The van der Waals surface area contributed by atoms with Crippen molar-refractivity contribution in [1.29, 1.82) is 0 Å². The van der Waals surface area contributed by atoms with E-state index in [1.54, 1.807) is 12.3 Å². The second-order valence-electron chi connectivity index (χ2n) is 4.66. The minimum absolute atomic E-state index is 0.145. The third kappa shape index (κ3) is 2.30. The largest absolute Gasteiger partial charge is 0.356 e. The van der Waals surface area contributed by atoms with Gasteiger partial charge in [0.15, 0.2) is 5.82 Å². The van der Waals surface area contributed by atoms with Crippen LogP contribution < -0.4 is 5.32 Å². The standard InChI is InChI=1S/C12H14BrN5O/c1-7(11-17-16-10-3-2-4-18(10)11)15-12(19)9-5-8(13)6-14-9/h5-7,14H,2-4H2,1H3,(H,15,19). The lowest BCUT2D eigenvalue weighted by atomic mass is 10.3. The van der Waals surface area contributed by atoms with Crippen LogP contribution >= 0.6 is 15.9 Å². The summed E-state index contributed by atoms with van der Waals surface area (Å²) in [5.41, 5.74) is 0.528. The number of H-pyrrole nitrogens is 1. The van der Waals surface area contributed by atoms with Crippen molar-refractivity contribution in [3.8, 4) is 0 Å². The summed E-state index contributed by atoms with van der Waals surface area (Å²) in [5.74, 6) is 1.69. The first kappa shape index (κ1) is 12.4. The Kier molecular flexibility index (Phi) is 3.14. The van der Waals surface area contributed by atoms with E-state index < -0.39 is 0 Å². The van der Waals surface area contributed by atoms with Crippen LogP contribution in [0.15, 0.2) is 16.7 Å². The fraction of sp³-hybridized carbons (Fsp3) is 0.417.